The maximum Gasteiger partial charge on any atom is 0.303 e. The summed E-state index contributed by atoms with van der Waals surface area (Å²) in [6.07, 6.45) is 4.10. The van der Waals surface area contributed by atoms with E-state index < -0.39 is 11.2 Å². The Morgan fingerprint density at radius 1 is 1.04 bits per heavy atom. The molecule has 2 aromatic carbocycles. The molecule has 0 bridgehead atoms. The second kappa shape index (κ2) is 9.59. The molecule has 7 heteroatoms. The van der Waals surface area contributed by atoms with Crippen LogP contribution in [0.4, 0.5) is 4.79 Å². The van der Waals surface area contributed by atoms with E-state index in [2.05, 4.69) is 5.32 Å². The quantitative estimate of drug-likeness (QED) is 0.581. The Morgan fingerprint density at radius 2 is 1.79 bits per heavy atom. The van der Waals surface area contributed by atoms with Gasteiger partial charge in [-0.15, -0.1) is 0 Å². The molecule has 1 heterocycles. The van der Waals surface area contributed by atoms with E-state index in [0.717, 1.165) is 53.1 Å². The highest BCUT2D eigenvalue weighted by atomic mass is 32.2. The van der Waals surface area contributed by atoms with Crippen LogP contribution in [0.1, 0.15) is 37.7 Å². The predicted molar refractivity (Wildman–Crippen MR) is 109 cm³/mol. The first-order chi connectivity index (χ1) is 13.5. The van der Waals surface area contributed by atoms with Crippen LogP contribution in [-0.4, -0.2) is 34.1 Å². The molecule has 1 aliphatic heterocycles. The van der Waals surface area contributed by atoms with E-state index in [1.807, 2.05) is 36.4 Å². The Hall–Kier alpha value is -2.54. The number of carbonyl (C=O) groups is 3. The van der Waals surface area contributed by atoms with Gasteiger partial charge in [-0.1, -0.05) is 54.9 Å². The van der Waals surface area contributed by atoms with Gasteiger partial charge in [-0.05, 0) is 36.3 Å². The van der Waals surface area contributed by atoms with Crippen molar-refractivity contribution in [1.82, 2.24) is 5.32 Å². The van der Waals surface area contributed by atoms with E-state index >= 15 is 0 Å². The van der Waals surface area contributed by atoms with E-state index in [1.54, 1.807) is 0 Å². The van der Waals surface area contributed by atoms with Crippen LogP contribution in [0.2, 0.25) is 0 Å². The molecule has 28 heavy (non-hydrogen) atoms. The van der Waals surface area contributed by atoms with Crippen LogP contribution in [-0.2, 0) is 16.0 Å². The second-order valence-electron chi connectivity index (χ2n) is 6.76. The molecule has 1 saturated heterocycles. The van der Waals surface area contributed by atoms with Crippen molar-refractivity contribution in [2.75, 3.05) is 6.61 Å². The van der Waals surface area contributed by atoms with Gasteiger partial charge in [0, 0.05) is 11.8 Å². The number of rotatable bonds is 10. The SMILES string of the molecule is O=C(O)CCCCCCOc1ccc(CC2SC(=O)NC2=O)c2ccccc12. The van der Waals surface area contributed by atoms with Crippen molar-refractivity contribution < 1.29 is 24.2 Å². The van der Waals surface area contributed by atoms with Crippen molar-refractivity contribution in [3.8, 4) is 5.75 Å². The maximum absolute atomic E-state index is 11.9. The van der Waals surface area contributed by atoms with Crippen LogP contribution < -0.4 is 10.1 Å². The largest absolute Gasteiger partial charge is 0.493 e. The summed E-state index contributed by atoms with van der Waals surface area (Å²) in [4.78, 5) is 33.8. The van der Waals surface area contributed by atoms with E-state index in [4.69, 9.17) is 9.84 Å². The summed E-state index contributed by atoms with van der Waals surface area (Å²) < 4.78 is 5.96. The zero-order chi connectivity index (χ0) is 19.9. The zero-order valence-corrected chi connectivity index (χ0v) is 16.3. The maximum atomic E-state index is 11.9. The molecule has 2 N–H and O–H groups in total. The van der Waals surface area contributed by atoms with Crippen LogP contribution >= 0.6 is 11.8 Å². The number of amides is 2. The van der Waals surface area contributed by atoms with Gasteiger partial charge < -0.3 is 9.84 Å². The minimum atomic E-state index is -0.749. The monoisotopic (exact) mass is 401 g/mol. The molecule has 0 aromatic heterocycles. The lowest BCUT2D eigenvalue weighted by atomic mass is 9.99. The number of thioether (sulfide) groups is 1. The van der Waals surface area contributed by atoms with E-state index in [9.17, 15) is 14.4 Å². The number of imide groups is 1. The van der Waals surface area contributed by atoms with Gasteiger partial charge in [0.25, 0.3) is 5.24 Å². The number of hydrogen-bond acceptors (Lipinski definition) is 5. The fraction of sp³-hybridized carbons (Fsp3) is 0.381. The third-order valence-electron chi connectivity index (χ3n) is 4.69. The molecule has 0 radical (unpaired) electrons. The van der Waals surface area contributed by atoms with Gasteiger partial charge in [-0.25, -0.2) is 0 Å². The average molecular weight is 401 g/mol. The van der Waals surface area contributed by atoms with Crippen LogP contribution in [0.15, 0.2) is 36.4 Å². The van der Waals surface area contributed by atoms with Gasteiger partial charge in [0.2, 0.25) is 5.91 Å². The summed E-state index contributed by atoms with van der Waals surface area (Å²) in [6, 6.07) is 11.8. The van der Waals surface area contributed by atoms with Crippen LogP contribution in [0, 0.1) is 0 Å². The van der Waals surface area contributed by atoms with E-state index in [1.165, 1.54) is 0 Å². The molecule has 1 unspecified atom stereocenters. The number of unbranched alkanes of at least 4 members (excludes halogenated alkanes) is 3. The topological polar surface area (TPSA) is 92.7 Å². The number of ether oxygens (including phenoxy) is 1. The molecular weight excluding hydrogens is 378 g/mol. The first-order valence-electron chi connectivity index (χ1n) is 9.41. The Morgan fingerprint density at radius 3 is 2.50 bits per heavy atom. The minimum absolute atomic E-state index is 0.218. The number of carboxylic acid groups (broad SMARTS) is 1. The molecular formula is C21H23NO5S. The first kappa shape index (κ1) is 20.2. The number of nitrogens with one attached hydrogen (secondary N) is 1. The summed E-state index contributed by atoms with van der Waals surface area (Å²) in [5, 5.41) is 12.3. The standard InChI is InChI=1S/C21H23NO5S/c23-19(24)9-3-1-2-6-12-27-17-11-10-14(15-7-4-5-8-16(15)17)13-18-20(25)22-21(26)28-18/h4-5,7-8,10-11,18H,1-3,6,9,12-13H2,(H,23,24)(H,22,25,26). The van der Waals surface area contributed by atoms with E-state index in [-0.39, 0.29) is 17.6 Å². The smallest absolute Gasteiger partial charge is 0.303 e. The van der Waals surface area contributed by atoms with Crippen molar-refractivity contribution in [3.63, 3.8) is 0 Å². The fourth-order valence-electron chi connectivity index (χ4n) is 3.28. The molecule has 1 fully saturated rings. The van der Waals surface area contributed by atoms with Gasteiger partial charge in [-0.2, -0.15) is 0 Å². The Bertz CT molecular complexity index is 882. The number of carboxylic acids is 1. The molecule has 2 amide bonds. The lowest BCUT2D eigenvalue weighted by molar-refractivity contribution is -0.137. The average Bonchev–Trinajstić information content (AvgIpc) is 2.99. The molecule has 1 aliphatic rings. The van der Waals surface area contributed by atoms with Crippen LogP contribution in [0.25, 0.3) is 10.8 Å². The predicted octanol–water partition coefficient (Wildman–Crippen LogP) is 4.15. The number of benzene rings is 2. The minimum Gasteiger partial charge on any atom is -0.493 e. The lowest BCUT2D eigenvalue weighted by Gasteiger charge is -2.14. The second-order valence-corrected chi connectivity index (χ2v) is 7.94. The summed E-state index contributed by atoms with van der Waals surface area (Å²) in [5.41, 5.74) is 1.01. The lowest BCUT2D eigenvalue weighted by Crippen LogP contribution is -2.25. The molecule has 148 valence electrons. The van der Waals surface area contributed by atoms with Crippen molar-refractivity contribution in [2.45, 2.75) is 43.8 Å². The van der Waals surface area contributed by atoms with Crippen molar-refractivity contribution in [3.05, 3.63) is 42.0 Å². The molecule has 0 saturated carbocycles. The van der Waals surface area contributed by atoms with Crippen LogP contribution in [0.3, 0.4) is 0 Å². The number of aliphatic carboxylic acids is 1. The summed E-state index contributed by atoms with van der Waals surface area (Å²) in [5.74, 6) is -0.188. The number of hydrogen-bond donors (Lipinski definition) is 2. The summed E-state index contributed by atoms with van der Waals surface area (Å²) in [7, 11) is 0. The highest BCUT2D eigenvalue weighted by molar-refractivity contribution is 8.15. The number of carbonyl (C=O) groups excluding carboxylic acids is 2. The van der Waals surface area contributed by atoms with Gasteiger partial charge in [0.15, 0.2) is 0 Å². The van der Waals surface area contributed by atoms with Crippen molar-refractivity contribution >= 4 is 39.7 Å². The highest BCUT2D eigenvalue weighted by Gasteiger charge is 2.31. The Balaban J connectivity index is 1.61. The van der Waals surface area contributed by atoms with Gasteiger partial charge in [0.1, 0.15) is 5.75 Å². The van der Waals surface area contributed by atoms with Crippen LogP contribution in [0.5, 0.6) is 5.75 Å². The molecule has 2 aromatic rings. The van der Waals surface area contributed by atoms with Crippen molar-refractivity contribution in [2.24, 2.45) is 0 Å². The molecule has 0 spiro atoms. The normalized spacial score (nSPS) is 16.4. The van der Waals surface area contributed by atoms with Gasteiger partial charge >= 0.3 is 5.97 Å². The summed E-state index contributed by atoms with van der Waals surface area (Å²) >= 11 is 1.04. The Labute approximate surface area is 167 Å². The molecule has 6 nitrogen and oxygen atoms in total. The van der Waals surface area contributed by atoms with Gasteiger partial charge in [0.05, 0.1) is 11.9 Å². The molecule has 3 rings (SSSR count). The highest BCUT2D eigenvalue weighted by Crippen LogP contribution is 2.32. The van der Waals surface area contributed by atoms with E-state index in [0.29, 0.717) is 19.4 Å². The first-order valence-corrected chi connectivity index (χ1v) is 10.3. The third-order valence-corrected chi connectivity index (χ3v) is 5.67. The fourth-order valence-corrected chi connectivity index (χ4v) is 4.13. The van der Waals surface area contributed by atoms with Gasteiger partial charge in [-0.3, -0.25) is 19.7 Å². The molecule has 0 aliphatic carbocycles. The number of fused-ring (bicyclic) bond motifs is 1. The Kier molecular flexibility index (Phi) is 6.92. The third kappa shape index (κ3) is 5.25. The zero-order valence-electron chi connectivity index (χ0n) is 15.5. The summed E-state index contributed by atoms with van der Waals surface area (Å²) in [6.45, 7) is 0.575. The van der Waals surface area contributed by atoms with Crippen molar-refractivity contribution in [1.29, 1.82) is 0 Å². The molecule has 1 atom stereocenters.